The van der Waals surface area contributed by atoms with Gasteiger partial charge in [-0.25, -0.2) is 4.99 Å². The summed E-state index contributed by atoms with van der Waals surface area (Å²) < 4.78 is 5.35. The maximum Gasteiger partial charge on any atom is 0.193 e. The van der Waals surface area contributed by atoms with Gasteiger partial charge in [0.25, 0.3) is 0 Å². The molecule has 5 heteroatoms. The number of nitrogens with zero attached hydrogens (tertiary/aromatic N) is 2. The fraction of sp³-hybridized carbons (Fsp3) is 0.417. The Morgan fingerprint density at radius 1 is 1.35 bits per heavy atom. The van der Waals surface area contributed by atoms with Crippen LogP contribution in [0.1, 0.15) is 0 Å². The maximum absolute atomic E-state index is 5.70. The molecular weight excluding hydrogens is 216 g/mol. The number of rotatable bonds is 2. The number of morpholine rings is 1. The van der Waals surface area contributed by atoms with Crippen LogP contribution >= 0.6 is 0 Å². The molecule has 2 rings (SSSR count). The van der Waals surface area contributed by atoms with Crippen molar-refractivity contribution in [1.82, 2.24) is 5.32 Å². The topological polar surface area (TPSA) is 62.9 Å². The minimum atomic E-state index is 0.422. The van der Waals surface area contributed by atoms with E-state index < -0.39 is 0 Å². The molecule has 0 aliphatic carbocycles. The summed E-state index contributed by atoms with van der Waals surface area (Å²) in [5.74, 6) is 0.422. The first-order chi connectivity index (χ1) is 8.31. The number of ether oxygens (including phenoxy) is 1. The predicted octanol–water partition coefficient (Wildman–Crippen LogP) is 0.689. The summed E-state index contributed by atoms with van der Waals surface area (Å²) in [5.41, 5.74) is 7.69. The third kappa shape index (κ3) is 2.88. The van der Waals surface area contributed by atoms with Crippen molar-refractivity contribution >= 4 is 17.3 Å². The van der Waals surface area contributed by atoms with E-state index in [0.717, 1.165) is 37.7 Å². The zero-order valence-corrected chi connectivity index (χ0v) is 10.0. The molecule has 1 aromatic carbocycles. The van der Waals surface area contributed by atoms with E-state index in [0.29, 0.717) is 5.96 Å². The van der Waals surface area contributed by atoms with Crippen LogP contribution in [0.5, 0.6) is 0 Å². The minimum absolute atomic E-state index is 0.422. The van der Waals surface area contributed by atoms with E-state index in [4.69, 9.17) is 10.5 Å². The smallest absolute Gasteiger partial charge is 0.193 e. The molecule has 0 bridgehead atoms. The number of para-hydroxylation sites is 2. The molecule has 0 radical (unpaired) electrons. The molecule has 3 N–H and O–H groups in total. The van der Waals surface area contributed by atoms with Crippen LogP contribution in [0.2, 0.25) is 0 Å². The van der Waals surface area contributed by atoms with Crippen LogP contribution in [-0.4, -0.2) is 39.3 Å². The maximum atomic E-state index is 5.70. The van der Waals surface area contributed by atoms with Crippen molar-refractivity contribution < 1.29 is 4.74 Å². The predicted molar refractivity (Wildman–Crippen MR) is 69.8 cm³/mol. The first-order valence-corrected chi connectivity index (χ1v) is 5.75. The third-order valence-electron chi connectivity index (χ3n) is 2.73. The van der Waals surface area contributed by atoms with Crippen LogP contribution in [0.25, 0.3) is 0 Å². The number of guanidine groups is 1. The van der Waals surface area contributed by atoms with Crippen LogP contribution in [0.3, 0.4) is 0 Å². The van der Waals surface area contributed by atoms with E-state index >= 15 is 0 Å². The standard InChI is InChI=1S/C12H18N4O/c1-14-12(13)15-10-4-2-3-5-11(10)16-6-8-17-9-7-16/h2-5H,6-9H2,1H3,(H3,13,14,15). The molecule has 1 fully saturated rings. The van der Waals surface area contributed by atoms with Crippen molar-refractivity contribution in [2.75, 3.05) is 38.3 Å². The molecule has 0 saturated carbocycles. The number of benzene rings is 1. The molecule has 0 aromatic heterocycles. The molecular formula is C12H18N4O. The average Bonchev–Trinajstić information content (AvgIpc) is 2.40. The van der Waals surface area contributed by atoms with Crippen molar-refractivity contribution in [2.45, 2.75) is 0 Å². The van der Waals surface area contributed by atoms with Gasteiger partial charge in [0, 0.05) is 20.1 Å². The van der Waals surface area contributed by atoms with Crippen molar-refractivity contribution in [3.8, 4) is 0 Å². The summed E-state index contributed by atoms with van der Waals surface area (Å²) in [6.45, 7) is 3.32. The molecule has 17 heavy (non-hydrogen) atoms. The van der Waals surface area contributed by atoms with E-state index in [2.05, 4.69) is 21.3 Å². The molecule has 0 spiro atoms. The second-order valence-corrected chi connectivity index (χ2v) is 3.84. The van der Waals surface area contributed by atoms with Gasteiger partial charge in [0.2, 0.25) is 0 Å². The highest BCUT2D eigenvalue weighted by molar-refractivity contribution is 5.83. The number of aliphatic imine (C=N–C) groups is 1. The van der Waals surface area contributed by atoms with Crippen LogP contribution in [0, 0.1) is 0 Å². The Labute approximate surface area is 101 Å². The second-order valence-electron chi connectivity index (χ2n) is 3.84. The fourth-order valence-corrected chi connectivity index (χ4v) is 1.82. The normalized spacial score (nSPS) is 17.0. The third-order valence-corrected chi connectivity index (χ3v) is 2.73. The molecule has 5 nitrogen and oxygen atoms in total. The molecule has 0 atom stereocenters. The Morgan fingerprint density at radius 2 is 2.06 bits per heavy atom. The molecule has 1 aliphatic rings. The summed E-state index contributed by atoms with van der Waals surface area (Å²) >= 11 is 0. The van der Waals surface area contributed by atoms with Crippen molar-refractivity contribution in [3.63, 3.8) is 0 Å². The SMILES string of the molecule is CN/C(N)=N\c1ccccc1N1CCOCC1. The van der Waals surface area contributed by atoms with Crippen LogP contribution in [-0.2, 0) is 4.74 Å². The van der Waals surface area contributed by atoms with E-state index in [9.17, 15) is 0 Å². The Bertz CT molecular complexity index is 399. The van der Waals surface area contributed by atoms with Gasteiger partial charge >= 0.3 is 0 Å². The first kappa shape index (κ1) is 11.7. The molecule has 1 aliphatic heterocycles. The highest BCUT2D eigenvalue weighted by atomic mass is 16.5. The van der Waals surface area contributed by atoms with Crippen molar-refractivity contribution in [3.05, 3.63) is 24.3 Å². The van der Waals surface area contributed by atoms with Gasteiger partial charge in [-0.3, -0.25) is 0 Å². The zero-order valence-electron chi connectivity index (χ0n) is 10.0. The highest BCUT2D eigenvalue weighted by Crippen LogP contribution is 2.28. The summed E-state index contributed by atoms with van der Waals surface area (Å²) in [6.07, 6.45) is 0. The lowest BCUT2D eigenvalue weighted by Gasteiger charge is -2.29. The number of hydrogen-bond donors (Lipinski definition) is 2. The van der Waals surface area contributed by atoms with E-state index in [1.165, 1.54) is 0 Å². The summed E-state index contributed by atoms with van der Waals surface area (Å²) in [4.78, 5) is 6.62. The van der Waals surface area contributed by atoms with E-state index in [1.54, 1.807) is 7.05 Å². The lowest BCUT2D eigenvalue weighted by Crippen LogP contribution is -2.36. The Balaban J connectivity index is 2.26. The highest BCUT2D eigenvalue weighted by Gasteiger charge is 2.14. The van der Waals surface area contributed by atoms with Gasteiger partial charge in [0.1, 0.15) is 0 Å². The molecule has 1 heterocycles. The van der Waals surface area contributed by atoms with Gasteiger partial charge in [0.05, 0.1) is 24.6 Å². The molecule has 92 valence electrons. The van der Waals surface area contributed by atoms with Gasteiger partial charge in [-0.15, -0.1) is 0 Å². The largest absolute Gasteiger partial charge is 0.378 e. The zero-order chi connectivity index (χ0) is 12.1. The van der Waals surface area contributed by atoms with Crippen LogP contribution in [0.15, 0.2) is 29.3 Å². The molecule has 1 aromatic rings. The van der Waals surface area contributed by atoms with E-state index in [1.807, 2.05) is 18.2 Å². The van der Waals surface area contributed by atoms with Crippen LogP contribution in [0.4, 0.5) is 11.4 Å². The minimum Gasteiger partial charge on any atom is -0.378 e. The number of nitrogens with one attached hydrogen (secondary N) is 1. The average molecular weight is 234 g/mol. The number of anilines is 1. The Hall–Kier alpha value is -1.75. The summed E-state index contributed by atoms with van der Waals surface area (Å²) in [7, 11) is 1.76. The second kappa shape index (κ2) is 5.54. The fourth-order valence-electron chi connectivity index (χ4n) is 1.82. The van der Waals surface area contributed by atoms with E-state index in [-0.39, 0.29) is 0 Å². The Morgan fingerprint density at radius 3 is 2.76 bits per heavy atom. The Kier molecular flexibility index (Phi) is 3.82. The summed E-state index contributed by atoms with van der Waals surface area (Å²) in [6, 6.07) is 8.01. The van der Waals surface area contributed by atoms with Crippen molar-refractivity contribution in [1.29, 1.82) is 0 Å². The van der Waals surface area contributed by atoms with Gasteiger partial charge in [0.15, 0.2) is 5.96 Å². The van der Waals surface area contributed by atoms with Gasteiger partial charge in [-0.05, 0) is 12.1 Å². The van der Waals surface area contributed by atoms with Crippen molar-refractivity contribution in [2.24, 2.45) is 10.7 Å². The lowest BCUT2D eigenvalue weighted by atomic mass is 10.2. The number of hydrogen-bond acceptors (Lipinski definition) is 3. The van der Waals surface area contributed by atoms with Crippen LogP contribution < -0.4 is 16.0 Å². The summed E-state index contributed by atoms with van der Waals surface area (Å²) in [5, 5.41) is 2.83. The first-order valence-electron chi connectivity index (χ1n) is 5.75. The number of nitrogens with two attached hydrogens (primary N) is 1. The molecule has 1 saturated heterocycles. The quantitative estimate of drug-likeness (QED) is 0.584. The van der Waals surface area contributed by atoms with Gasteiger partial charge < -0.3 is 20.7 Å². The van der Waals surface area contributed by atoms with Gasteiger partial charge in [-0.1, -0.05) is 12.1 Å². The monoisotopic (exact) mass is 234 g/mol. The molecule has 0 unspecified atom stereocenters. The van der Waals surface area contributed by atoms with Gasteiger partial charge in [-0.2, -0.15) is 0 Å². The molecule has 0 amide bonds. The lowest BCUT2D eigenvalue weighted by molar-refractivity contribution is 0.123.